The van der Waals surface area contributed by atoms with Crippen molar-refractivity contribution in [3.63, 3.8) is 0 Å². The van der Waals surface area contributed by atoms with Gasteiger partial charge in [0.05, 0.1) is 11.1 Å². The molecule has 0 bridgehead atoms. The first-order valence-electron chi connectivity index (χ1n) is 16.9. The molecule has 8 aromatic carbocycles. The van der Waals surface area contributed by atoms with E-state index >= 15 is 0 Å². The first-order valence-corrected chi connectivity index (χ1v) is 16.9. The molecule has 0 saturated heterocycles. The molecule has 0 unspecified atom stereocenters. The Morgan fingerprint density at radius 3 is 1.73 bits per heavy atom. The van der Waals surface area contributed by atoms with Gasteiger partial charge in [0.15, 0.2) is 0 Å². The molecule has 1 heterocycles. The molecule has 10 rings (SSSR count). The minimum atomic E-state index is -0.439. The topological polar surface area (TPSA) is 16.4 Å². The summed E-state index contributed by atoms with van der Waals surface area (Å²) in [4.78, 5) is 2.39. The largest absolute Gasteiger partial charge is 0.456 e. The number of hydrogen-bond acceptors (Lipinski definition) is 2. The number of rotatable bonds is 5. The Hall–Kier alpha value is -6.38. The third-order valence-electron chi connectivity index (χ3n) is 10.3. The Kier molecular flexibility index (Phi) is 6.13. The van der Waals surface area contributed by atoms with Crippen LogP contribution in [0.4, 0.5) is 17.1 Å². The fourth-order valence-corrected chi connectivity index (χ4v) is 8.26. The zero-order chi connectivity index (χ0) is 32.4. The van der Waals surface area contributed by atoms with E-state index in [0.29, 0.717) is 0 Å². The highest BCUT2D eigenvalue weighted by Gasteiger charge is 2.45. The van der Waals surface area contributed by atoms with Crippen molar-refractivity contribution in [1.82, 2.24) is 0 Å². The van der Waals surface area contributed by atoms with Crippen LogP contribution in [0.15, 0.2) is 192 Å². The Morgan fingerprint density at radius 2 is 0.959 bits per heavy atom. The number of hydrogen-bond donors (Lipinski definition) is 0. The van der Waals surface area contributed by atoms with Gasteiger partial charge in [0, 0.05) is 27.5 Å². The SMILES string of the molecule is c1ccc(C2(c3ccc(N(c4ccc5oc6ccccc6c5c4)c4cccc5ccccc45)cc3)c3ccccc3-c3ccccc32)cc1. The fourth-order valence-electron chi connectivity index (χ4n) is 8.26. The molecule has 49 heavy (non-hydrogen) atoms. The maximum atomic E-state index is 6.23. The lowest BCUT2D eigenvalue weighted by molar-refractivity contribution is 0.669. The van der Waals surface area contributed by atoms with Crippen LogP contribution in [0.3, 0.4) is 0 Å². The van der Waals surface area contributed by atoms with Gasteiger partial charge in [-0.25, -0.2) is 0 Å². The van der Waals surface area contributed by atoms with Gasteiger partial charge in [-0.15, -0.1) is 0 Å². The molecule has 1 aromatic heterocycles. The fraction of sp³-hybridized carbons (Fsp3) is 0.0213. The molecule has 1 aliphatic rings. The lowest BCUT2D eigenvalue weighted by Gasteiger charge is -2.34. The Bertz CT molecular complexity index is 2620. The van der Waals surface area contributed by atoms with Crippen molar-refractivity contribution >= 4 is 49.8 Å². The third kappa shape index (κ3) is 4.07. The lowest BCUT2D eigenvalue weighted by Crippen LogP contribution is -2.28. The normalized spacial score (nSPS) is 13.1. The van der Waals surface area contributed by atoms with E-state index in [1.807, 2.05) is 12.1 Å². The predicted octanol–water partition coefficient (Wildman–Crippen LogP) is 12.6. The number of anilines is 3. The van der Waals surface area contributed by atoms with E-state index in [1.54, 1.807) is 0 Å². The average Bonchev–Trinajstić information content (AvgIpc) is 3.70. The number of fused-ring (bicyclic) bond motifs is 7. The summed E-state index contributed by atoms with van der Waals surface area (Å²) in [5.74, 6) is 0. The smallest absolute Gasteiger partial charge is 0.135 e. The van der Waals surface area contributed by atoms with Gasteiger partial charge < -0.3 is 9.32 Å². The highest BCUT2D eigenvalue weighted by molar-refractivity contribution is 6.07. The summed E-state index contributed by atoms with van der Waals surface area (Å²) in [6.45, 7) is 0. The van der Waals surface area contributed by atoms with Crippen LogP contribution in [0, 0.1) is 0 Å². The monoisotopic (exact) mass is 625 g/mol. The second kappa shape index (κ2) is 10.8. The summed E-state index contributed by atoms with van der Waals surface area (Å²) < 4.78 is 6.23. The second-order valence-corrected chi connectivity index (χ2v) is 12.9. The van der Waals surface area contributed by atoms with Crippen molar-refractivity contribution < 1.29 is 4.42 Å². The quantitative estimate of drug-likeness (QED) is 0.189. The molecule has 0 fully saturated rings. The molecule has 9 aromatic rings. The summed E-state index contributed by atoms with van der Waals surface area (Å²) in [6.07, 6.45) is 0. The van der Waals surface area contributed by atoms with Crippen LogP contribution in [0.2, 0.25) is 0 Å². The maximum Gasteiger partial charge on any atom is 0.135 e. The summed E-state index contributed by atoms with van der Waals surface area (Å²) in [5.41, 5.74) is 12.4. The highest BCUT2D eigenvalue weighted by atomic mass is 16.3. The van der Waals surface area contributed by atoms with Crippen LogP contribution >= 0.6 is 0 Å². The van der Waals surface area contributed by atoms with Gasteiger partial charge in [-0.05, 0) is 81.2 Å². The summed E-state index contributed by atoms with van der Waals surface area (Å²) in [6, 6.07) is 68.1. The number of benzene rings is 8. The number of para-hydroxylation sites is 1. The molecule has 230 valence electrons. The number of furan rings is 1. The molecule has 0 spiro atoms. The lowest BCUT2D eigenvalue weighted by atomic mass is 9.68. The molecule has 0 N–H and O–H groups in total. The van der Waals surface area contributed by atoms with Crippen LogP contribution in [-0.4, -0.2) is 0 Å². The van der Waals surface area contributed by atoms with Crippen LogP contribution in [0.1, 0.15) is 22.3 Å². The summed E-state index contributed by atoms with van der Waals surface area (Å²) >= 11 is 0. The van der Waals surface area contributed by atoms with E-state index in [1.165, 1.54) is 44.2 Å². The zero-order valence-electron chi connectivity index (χ0n) is 26.8. The van der Waals surface area contributed by atoms with Gasteiger partial charge in [0.2, 0.25) is 0 Å². The summed E-state index contributed by atoms with van der Waals surface area (Å²) in [7, 11) is 0. The molecule has 1 aliphatic carbocycles. The molecule has 0 atom stereocenters. The van der Waals surface area contributed by atoms with E-state index in [4.69, 9.17) is 4.42 Å². The van der Waals surface area contributed by atoms with E-state index in [0.717, 1.165) is 39.0 Å². The van der Waals surface area contributed by atoms with E-state index < -0.39 is 5.41 Å². The van der Waals surface area contributed by atoms with Gasteiger partial charge in [-0.2, -0.15) is 0 Å². The van der Waals surface area contributed by atoms with E-state index in [2.05, 4.69) is 181 Å². The van der Waals surface area contributed by atoms with Crippen molar-refractivity contribution in [1.29, 1.82) is 0 Å². The van der Waals surface area contributed by atoms with Gasteiger partial charge in [0.1, 0.15) is 11.2 Å². The van der Waals surface area contributed by atoms with Crippen molar-refractivity contribution in [3.8, 4) is 11.1 Å². The molecule has 0 radical (unpaired) electrons. The molecular formula is C47H31NO. The van der Waals surface area contributed by atoms with Crippen LogP contribution < -0.4 is 4.90 Å². The highest BCUT2D eigenvalue weighted by Crippen LogP contribution is 2.56. The predicted molar refractivity (Wildman–Crippen MR) is 203 cm³/mol. The van der Waals surface area contributed by atoms with Gasteiger partial charge >= 0.3 is 0 Å². The minimum absolute atomic E-state index is 0.439. The first kappa shape index (κ1) is 27.7. The molecule has 0 saturated carbocycles. The molecule has 0 amide bonds. The van der Waals surface area contributed by atoms with Crippen LogP contribution in [-0.2, 0) is 5.41 Å². The minimum Gasteiger partial charge on any atom is -0.456 e. The van der Waals surface area contributed by atoms with E-state index in [-0.39, 0.29) is 0 Å². The van der Waals surface area contributed by atoms with Crippen molar-refractivity contribution in [3.05, 3.63) is 210 Å². The van der Waals surface area contributed by atoms with Crippen LogP contribution in [0.25, 0.3) is 43.8 Å². The van der Waals surface area contributed by atoms with Crippen molar-refractivity contribution in [2.45, 2.75) is 5.41 Å². The molecule has 2 heteroatoms. The average molecular weight is 626 g/mol. The maximum absolute atomic E-state index is 6.23. The Morgan fingerprint density at radius 1 is 0.388 bits per heavy atom. The summed E-state index contributed by atoms with van der Waals surface area (Å²) in [5, 5.41) is 4.64. The van der Waals surface area contributed by atoms with E-state index in [9.17, 15) is 0 Å². The van der Waals surface area contributed by atoms with Gasteiger partial charge in [0.25, 0.3) is 0 Å². The van der Waals surface area contributed by atoms with Crippen molar-refractivity contribution in [2.75, 3.05) is 4.90 Å². The Balaban J connectivity index is 1.21. The standard InChI is InChI=1S/C47H31NO/c1-2-15-33(16-3-1)47(42-21-9-6-18-38(42)39-19-7-10-22-43(39)47)34-25-27-35(28-26-34)48(44-23-12-14-32-13-4-5-17-37(32)44)36-29-30-46-41(31-36)40-20-8-11-24-45(40)49-46/h1-31H. The molecular weight excluding hydrogens is 595 g/mol. The third-order valence-corrected chi connectivity index (χ3v) is 10.3. The van der Waals surface area contributed by atoms with Gasteiger partial charge in [-0.3, -0.25) is 0 Å². The second-order valence-electron chi connectivity index (χ2n) is 12.9. The first-order chi connectivity index (χ1) is 24.3. The molecule has 2 nitrogen and oxygen atoms in total. The number of nitrogens with zero attached hydrogens (tertiary/aromatic N) is 1. The van der Waals surface area contributed by atoms with Crippen LogP contribution in [0.5, 0.6) is 0 Å². The molecule has 0 aliphatic heterocycles. The van der Waals surface area contributed by atoms with Gasteiger partial charge in [-0.1, -0.05) is 146 Å². The zero-order valence-corrected chi connectivity index (χ0v) is 26.8. The van der Waals surface area contributed by atoms with Crippen molar-refractivity contribution in [2.24, 2.45) is 0 Å². The Labute approximate surface area is 285 Å².